The van der Waals surface area contributed by atoms with E-state index in [1.165, 1.54) is 37.5 Å². The van der Waals surface area contributed by atoms with Gasteiger partial charge in [0.1, 0.15) is 5.82 Å². The molecule has 1 fully saturated rings. The number of carbonyl (C=O) groups excluding carboxylic acids is 1. The molecule has 0 spiro atoms. The summed E-state index contributed by atoms with van der Waals surface area (Å²) in [5.74, 6) is -0.546. The summed E-state index contributed by atoms with van der Waals surface area (Å²) in [4.78, 5) is 12.0. The predicted octanol–water partition coefficient (Wildman–Crippen LogP) is 3.79. The summed E-state index contributed by atoms with van der Waals surface area (Å²) in [6, 6.07) is 12.3. The van der Waals surface area contributed by atoms with Crippen molar-refractivity contribution in [2.24, 2.45) is 0 Å². The molecule has 2 aromatic rings. The zero-order chi connectivity index (χ0) is 19.3. The number of halogens is 1. The largest absolute Gasteiger partial charge is 0.325 e. The first-order valence-corrected chi connectivity index (χ1v) is 10.6. The van der Waals surface area contributed by atoms with Crippen molar-refractivity contribution in [3.8, 4) is 0 Å². The predicted molar refractivity (Wildman–Crippen MR) is 102 cm³/mol. The van der Waals surface area contributed by atoms with Crippen molar-refractivity contribution in [3.05, 3.63) is 59.9 Å². The van der Waals surface area contributed by atoms with Crippen LogP contribution in [0.3, 0.4) is 0 Å². The van der Waals surface area contributed by atoms with Crippen LogP contribution in [0, 0.1) is 5.82 Å². The summed E-state index contributed by atoms with van der Waals surface area (Å²) < 4.78 is 40.2. The van der Waals surface area contributed by atoms with Gasteiger partial charge in [0.15, 0.2) is 0 Å². The van der Waals surface area contributed by atoms with E-state index in [1.807, 2.05) is 12.1 Å². The summed E-state index contributed by atoms with van der Waals surface area (Å²) in [6.45, 7) is -0.427. The Hall–Kier alpha value is -2.25. The zero-order valence-corrected chi connectivity index (χ0v) is 15.8. The Labute approximate surface area is 159 Å². The second-order valence-corrected chi connectivity index (χ2v) is 8.55. The average molecular weight is 390 g/mol. The molecule has 5 nitrogen and oxygen atoms in total. The number of carbonyl (C=O) groups is 1. The molecule has 1 aliphatic rings. The van der Waals surface area contributed by atoms with Crippen molar-refractivity contribution in [2.75, 3.05) is 11.9 Å². The minimum absolute atomic E-state index is 0.126. The van der Waals surface area contributed by atoms with E-state index in [1.54, 1.807) is 12.1 Å². The molecular formula is C20H23FN2O3S. The van der Waals surface area contributed by atoms with Gasteiger partial charge in [0.2, 0.25) is 15.9 Å². The van der Waals surface area contributed by atoms with Crippen LogP contribution in [0.5, 0.6) is 0 Å². The molecule has 0 saturated heterocycles. The van der Waals surface area contributed by atoms with Gasteiger partial charge in [-0.15, -0.1) is 0 Å². The molecule has 0 atom stereocenters. The molecule has 3 rings (SSSR count). The molecule has 0 bridgehead atoms. The maximum atomic E-state index is 13.1. The van der Waals surface area contributed by atoms with Gasteiger partial charge in [0.25, 0.3) is 0 Å². The lowest BCUT2D eigenvalue weighted by atomic mass is 9.84. The van der Waals surface area contributed by atoms with Gasteiger partial charge in [0.05, 0.1) is 11.4 Å². The molecule has 27 heavy (non-hydrogen) atoms. The number of rotatable bonds is 6. The second-order valence-electron chi connectivity index (χ2n) is 6.79. The third-order valence-corrected chi connectivity index (χ3v) is 6.22. The second kappa shape index (κ2) is 8.63. The van der Waals surface area contributed by atoms with Crippen LogP contribution in [0.25, 0.3) is 0 Å². The van der Waals surface area contributed by atoms with Crippen LogP contribution < -0.4 is 10.0 Å². The fraction of sp³-hybridized carbons (Fsp3) is 0.350. The Balaban J connectivity index is 1.58. The molecule has 0 radical (unpaired) electrons. The number of benzene rings is 2. The zero-order valence-electron chi connectivity index (χ0n) is 14.9. The maximum Gasteiger partial charge on any atom is 0.241 e. The minimum Gasteiger partial charge on any atom is -0.325 e. The summed E-state index contributed by atoms with van der Waals surface area (Å²) in [6.07, 6.45) is 5.99. The van der Waals surface area contributed by atoms with E-state index < -0.39 is 28.3 Å². The Kier molecular flexibility index (Phi) is 6.23. The van der Waals surface area contributed by atoms with Crippen molar-refractivity contribution in [3.63, 3.8) is 0 Å². The molecule has 0 unspecified atom stereocenters. The third-order valence-electron chi connectivity index (χ3n) is 4.80. The standard InChI is InChI=1S/C20H23FN2O3S/c21-17-7-4-8-18(13-17)23-20(24)14-22-27(25,26)19-11-9-16(10-12-19)15-5-2-1-3-6-15/h4,7-13,15,22H,1-3,5-6,14H2,(H,23,24). The lowest BCUT2D eigenvalue weighted by Crippen LogP contribution is -2.32. The van der Waals surface area contributed by atoms with Gasteiger partial charge in [-0.2, -0.15) is 0 Å². The van der Waals surface area contributed by atoms with Gasteiger partial charge in [-0.05, 0) is 54.7 Å². The van der Waals surface area contributed by atoms with Gasteiger partial charge in [0, 0.05) is 5.69 Å². The molecule has 0 aliphatic heterocycles. The van der Waals surface area contributed by atoms with Crippen molar-refractivity contribution < 1.29 is 17.6 Å². The van der Waals surface area contributed by atoms with E-state index in [0.717, 1.165) is 24.5 Å². The molecule has 1 amide bonds. The number of amides is 1. The summed E-state index contributed by atoms with van der Waals surface area (Å²) in [5, 5.41) is 2.45. The molecular weight excluding hydrogens is 367 g/mol. The average Bonchev–Trinajstić information content (AvgIpc) is 2.67. The smallest absolute Gasteiger partial charge is 0.241 e. The number of anilines is 1. The topological polar surface area (TPSA) is 75.3 Å². The highest BCUT2D eigenvalue weighted by atomic mass is 32.2. The molecule has 144 valence electrons. The Morgan fingerprint density at radius 1 is 1.04 bits per heavy atom. The van der Waals surface area contributed by atoms with Crippen LogP contribution in [-0.4, -0.2) is 20.9 Å². The number of hydrogen-bond donors (Lipinski definition) is 2. The Morgan fingerprint density at radius 2 is 1.74 bits per heavy atom. The van der Waals surface area contributed by atoms with Gasteiger partial charge in [-0.3, -0.25) is 4.79 Å². The highest BCUT2D eigenvalue weighted by molar-refractivity contribution is 7.89. The molecule has 0 aromatic heterocycles. The summed E-state index contributed by atoms with van der Waals surface area (Å²) in [7, 11) is -3.79. The fourth-order valence-electron chi connectivity index (χ4n) is 3.37. The van der Waals surface area contributed by atoms with Crippen LogP contribution in [-0.2, 0) is 14.8 Å². The van der Waals surface area contributed by atoms with Crippen LogP contribution in [0.4, 0.5) is 10.1 Å². The normalized spacial score (nSPS) is 15.4. The van der Waals surface area contributed by atoms with Crippen LogP contribution in [0.15, 0.2) is 53.4 Å². The van der Waals surface area contributed by atoms with Crippen molar-refractivity contribution >= 4 is 21.6 Å². The van der Waals surface area contributed by atoms with Gasteiger partial charge in [-0.1, -0.05) is 37.5 Å². The number of hydrogen-bond acceptors (Lipinski definition) is 3. The third kappa shape index (κ3) is 5.37. The molecule has 2 N–H and O–H groups in total. The lowest BCUT2D eigenvalue weighted by molar-refractivity contribution is -0.115. The van der Waals surface area contributed by atoms with Crippen LogP contribution in [0.2, 0.25) is 0 Å². The van der Waals surface area contributed by atoms with Gasteiger partial charge >= 0.3 is 0 Å². The van der Waals surface area contributed by atoms with E-state index in [4.69, 9.17) is 0 Å². The molecule has 1 aliphatic carbocycles. The van der Waals surface area contributed by atoms with Gasteiger partial charge in [-0.25, -0.2) is 17.5 Å². The first kappa shape index (κ1) is 19.5. The van der Waals surface area contributed by atoms with Crippen molar-refractivity contribution in [2.45, 2.75) is 42.9 Å². The van der Waals surface area contributed by atoms with Crippen molar-refractivity contribution in [1.82, 2.24) is 4.72 Å². The Bertz CT molecular complexity index is 892. The van der Waals surface area contributed by atoms with Crippen LogP contribution >= 0.6 is 0 Å². The highest BCUT2D eigenvalue weighted by Gasteiger charge is 2.18. The van der Waals surface area contributed by atoms with E-state index in [9.17, 15) is 17.6 Å². The van der Waals surface area contributed by atoms with E-state index in [0.29, 0.717) is 5.92 Å². The molecule has 1 saturated carbocycles. The first-order valence-electron chi connectivity index (χ1n) is 9.09. The molecule has 7 heteroatoms. The monoisotopic (exact) mass is 390 g/mol. The quantitative estimate of drug-likeness (QED) is 0.788. The number of nitrogens with one attached hydrogen (secondary N) is 2. The first-order chi connectivity index (χ1) is 12.9. The van der Waals surface area contributed by atoms with Crippen LogP contribution in [0.1, 0.15) is 43.6 Å². The lowest BCUT2D eigenvalue weighted by Gasteiger charge is -2.22. The van der Waals surface area contributed by atoms with Gasteiger partial charge < -0.3 is 5.32 Å². The van der Waals surface area contributed by atoms with E-state index >= 15 is 0 Å². The van der Waals surface area contributed by atoms with Crippen molar-refractivity contribution in [1.29, 1.82) is 0 Å². The SMILES string of the molecule is O=C(CNS(=O)(=O)c1ccc(C2CCCCC2)cc1)Nc1cccc(F)c1. The molecule has 0 heterocycles. The number of sulfonamides is 1. The van der Waals surface area contributed by atoms with E-state index in [-0.39, 0.29) is 10.6 Å². The fourth-order valence-corrected chi connectivity index (χ4v) is 4.35. The molecule has 2 aromatic carbocycles. The summed E-state index contributed by atoms with van der Waals surface area (Å²) in [5.41, 5.74) is 1.44. The minimum atomic E-state index is -3.79. The summed E-state index contributed by atoms with van der Waals surface area (Å²) >= 11 is 0. The maximum absolute atomic E-state index is 13.1. The highest BCUT2D eigenvalue weighted by Crippen LogP contribution is 2.32. The Morgan fingerprint density at radius 3 is 2.41 bits per heavy atom. The van der Waals surface area contributed by atoms with E-state index in [2.05, 4.69) is 10.0 Å².